The van der Waals surface area contributed by atoms with Gasteiger partial charge < -0.3 is 9.47 Å². The van der Waals surface area contributed by atoms with Crippen molar-refractivity contribution in [1.29, 1.82) is 0 Å². The number of benzene rings is 3. The normalized spacial score (nSPS) is 21.4. The van der Waals surface area contributed by atoms with Crippen LogP contribution in [0.1, 0.15) is 68.1 Å². The van der Waals surface area contributed by atoms with Gasteiger partial charge in [0.05, 0.1) is 18.6 Å². The number of nitrogens with zero attached hydrogens (tertiary/aromatic N) is 1. The summed E-state index contributed by atoms with van der Waals surface area (Å²) in [4.78, 5) is 14.7. The van der Waals surface area contributed by atoms with Gasteiger partial charge in [-0.15, -0.1) is 0 Å². The average Bonchev–Trinajstić information content (AvgIpc) is 2.92. The van der Waals surface area contributed by atoms with E-state index in [1.165, 1.54) is 40.3 Å². The molecule has 1 heterocycles. The molecule has 1 aliphatic heterocycles. The van der Waals surface area contributed by atoms with Gasteiger partial charge in [-0.05, 0) is 99.3 Å². The van der Waals surface area contributed by atoms with Gasteiger partial charge in [-0.1, -0.05) is 54.6 Å². The number of hydrogen-bond donors (Lipinski definition) is 0. The molecule has 1 saturated carbocycles. The fourth-order valence-electron chi connectivity index (χ4n) is 6.08. The molecule has 0 bridgehead atoms. The van der Waals surface area contributed by atoms with Gasteiger partial charge >= 0.3 is 5.97 Å². The second-order valence-corrected chi connectivity index (χ2v) is 10.5. The monoisotopic (exact) mass is 485 g/mol. The predicted octanol–water partition coefficient (Wildman–Crippen LogP) is 7.03. The Kier molecular flexibility index (Phi) is 7.91. The molecule has 0 unspecified atom stereocenters. The van der Waals surface area contributed by atoms with E-state index in [1.54, 1.807) is 0 Å². The van der Waals surface area contributed by atoms with Gasteiger partial charge in [-0.2, -0.15) is 0 Å². The zero-order chi connectivity index (χ0) is 24.9. The molecule has 0 spiro atoms. The summed E-state index contributed by atoms with van der Waals surface area (Å²) in [6.07, 6.45) is 6.53. The highest BCUT2D eigenvalue weighted by Crippen LogP contribution is 2.38. The molecule has 1 aliphatic carbocycles. The van der Waals surface area contributed by atoms with Gasteiger partial charge in [0.25, 0.3) is 0 Å². The number of likely N-dealkylation sites (tertiary alicyclic amines) is 1. The molecule has 2 fully saturated rings. The Hall–Kier alpha value is -2.85. The van der Waals surface area contributed by atoms with Crippen molar-refractivity contribution in [3.63, 3.8) is 0 Å². The van der Waals surface area contributed by atoms with Crippen molar-refractivity contribution in [2.75, 3.05) is 19.7 Å². The zero-order valence-corrected chi connectivity index (χ0v) is 21.7. The van der Waals surface area contributed by atoms with Crippen LogP contribution in [0.4, 0.5) is 0 Å². The molecular weight excluding hydrogens is 446 g/mol. The molecule has 4 nitrogen and oxygen atoms in total. The van der Waals surface area contributed by atoms with Crippen LogP contribution in [0.3, 0.4) is 0 Å². The second kappa shape index (κ2) is 11.5. The summed E-state index contributed by atoms with van der Waals surface area (Å²) in [5.74, 6) is 1.69. The first-order valence-electron chi connectivity index (χ1n) is 13.7. The fraction of sp³-hybridized carbons (Fsp3) is 0.469. The first-order chi connectivity index (χ1) is 17.6. The highest BCUT2D eigenvalue weighted by molar-refractivity contribution is 5.90. The summed E-state index contributed by atoms with van der Waals surface area (Å²) in [5, 5.41) is 2.59. The molecular formula is C32H39NO3. The minimum atomic E-state index is -0.0342. The van der Waals surface area contributed by atoms with Gasteiger partial charge in [-0.3, -0.25) is 9.69 Å². The summed E-state index contributed by atoms with van der Waals surface area (Å²) < 4.78 is 12.1. The third-order valence-electron chi connectivity index (χ3n) is 8.15. The molecule has 190 valence electrons. The van der Waals surface area contributed by atoms with Crippen LogP contribution in [0.25, 0.3) is 10.8 Å². The van der Waals surface area contributed by atoms with Crippen LogP contribution in [-0.4, -0.2) is 36.7 Å². The summed E-state index contributed by atoms with van der Waals surface area (Å²) >= 11 is 0. The van der Waals surface area contributed by atoms with Crippen LogP contribution < -0.4 is 4.74 Å². The average molecular weight is 486 g/mol. The van der Waals surface area contributed by atoms with E-state index in [4.69, 9.17) is 9.47 Å². The maximum absolute atomic E-state index is 12.2. The Morgan fingerprint density at radius 2 is 1.56 bits per heavy atom. The molecule has 5 rings (SSSR count). The van der Waals surface area contributed by atoms with Crippen LogP contribution >= 0.6 is 0 Å². The van der Waals surface area contributed by atoms with Crippen LogP contribution in [0.2, 0.25) is 0 Å². The van der Waals surface area contributed by atoms with Crippen molar-refractivity contribution in [3.8, 4) is 5.75 Å². The first-order valence-corrected chi connectivity index (χ1v) is 13.7. The second-order valence-electron chi connectivity index (χ2n) is 10.5. The number of carbonyl (C=O) groups excluding carboxylic acids is 1. The van der Waals surface area contributed by atoms with Gasteiger partial charge in [0.1, 0.15) is 5.75 Å². The van der Waals surface area contributed by atoms with Gasteiger partial charge in [0, 0.05) is 12.1 Å². The largest absolute Gasteiger partial charge is 0.490 e. The Bertz CT molecular complexity index is 1160. The molecule has 36 heavy (non-hydrogen) atoms. The molecule has 0 amide bonds. The van der Waals surface area contributed by atoms with Gasteiger partial charge in [-0.25, -0.2) is 0 Å². The third kappa shape index (κ3) is 5.59. The molecule has 0 aromatic heterocycles. The molecule has 1 saturated heterocycles. The van der Waals surface area contributed by atoms with E-state index in [-0.39, 0.29) is 18.0 Å². The summed E-state index contributed by atoms with van der Waals surface area (Å²) in [6, 6.07) is 21.9. The SMILES string of the molecule is CCOC(=O)C1CCN(Cc2c(OC3CCC(c4ccccc4)CC3)cc(C)c3ccccc23)CC1. The Morgan fingerprint density at radius 1 is 0.889 bits per heavy atom. The number of aryl methyl sites for hydroxylation is 1. The highest BCUT2D eigenvalue weighted by atomic mass is 16.5. The van der Waals surface area contributed by atoms with E-state index in [0.29, 0.717) is 12.5 Å². The molecule has 0 radical (unpaired) electrons. The molecule has 0 atom stereocenters. The highest BCUT2D eigenvalue weighted by Gasteiger charge is 2.28. The third-order valence-corrected chi connectivity index (χ3v) is 8.15. The van der Waals surface area contributed by atoms with Gasteiger partial charge in [0.15, 0.2) is 0 Å². The quantitative estimate of drug-likeness (QED) is 0.337. The number of ether oxygens (including phenoxy) is 2. The van der Waals surface area contributed by atoms with E-state index >= 15 is 0 Å². The molecule has 4 heteroatoms. The number of hydrogen-bond acceptors (Lipinski definition) is 4. The predicted molar refractivity (Wildman–Crippen MR) is 145 cm³/mol. The molecule has 3 aromatic carbocycles. The van der Waals surface area contributed by atoms with E-state index in [1.807, 2.05) is 6.92 Å². The zero-order valence-electron chi connectivity index (χ0n) is 21.7. The standard InChI is InChI=1S/C32H39NO3/c1-3-35-32(34)26-17-19-33(20-18-26)22-30-29-12-8-7-11-28(29)23(2)21-31(30)36-27-15-13-25(14-16-27)24-9-5-4-6-10-24/h4-12,21,25-27H,3,13-20,22H2,1-2H3. The number of piperidine rings is 1. The van der Waals surface area contributed by atoms with E-state index < -0.39 is 0 Å². The number of esters is 1. The first kappa shape index (κ1) is 24.8. The lowest BCUT2D eigenvalue weighted by Crippen LogP contribution is -2.36. The van der Waals surface area contributed by atoms with Crippen LogP contribution in [0, 0.1) is 12.8 Å². The maximum Gasteiger partial charge on any atom is 0.309 e. The minimum Gasteiger partial charge on any atom is -0.490 e. The van der Waals surface area contributed by atoms with Crippen molar-refractivity contribution in [3.05, 3.63) is 77.4 Å². The molecule has 2 aliphatic rings. The number of carbonyl (C=O) groups is 1. The van der Waals surface area contributed by atoms with E-state index in [0.717, 1.165) is 51.1 Å². The van der Waals surface area contributed by atoms with Crippen LogP contribution in [0.5, 0.6) is 5.75 Å². The van der Waals surface area contributed by atoms with Crippen LogP contribution in [-0.2, 0) is 16.1 Å². The molecule has 3 aromatic rings. The van der Waals surface area contributed by atoms with Crippen molar-refractivity contribution in [2.24, 2.45) is 5.92 Å². The summed E-state index contributed by atoms with van der Waals surface area (Å²) in [7, 11) is 0. The van der Waals surface area contributed by atoms with Gasteiger partial charge in [0.2, 0.25) is 0 Å². The Balaban J connectivity index is 1.31. The van der Waals surface area contributed by atoms with Crippen molar-refractivity contribution >= 4 is 16.7 Å². The number of fused-ring (bicyclic) bond motifs is 1. The number of rotatable bonds is 7. The lowest BCUT2D eigenvalue weighted by Gasteiger charge is -2.33. The van der Waals surface area contributed by atoms with Crippen LogP contribution in [0.15, 0.2) is 60.7 Å². The van der Waals surface area contributed by atoms with Crippen molar-refractivity contribution in [1.82, 2.24) is 4.90 Å². The smallest absolute Gasteiger partial charge is 0.309 e. The lowest BCUT2D eigenvalue weighted by atomic mass is 9.83. The Morgan fingerprint density at radius 3 is 2.25 bits per heavy atom. The fourth-order valence-corrected chi connectivity index (χ4v) is 6.08. The van der Waals surface area contributed by atoms with E-state index in [2.05, 4.69) is 72.5 Å². The molecule has 0 N–H and O–H groups in total. The van der Waals surface area contributed by atoms with Crippen molar-refractivity contribution < 1.29 is 14.3 Å². The summed E-state index contributed by atoms with van der Waals surface area (Å²) in [5.41, 5.74) is 4.02. The van der Waals surface area contributed by atoms with Crippen molar-refractivity contribution in [2.45, 2.75) is 70.9 Å². The minimum absolute atomic E-state index is 0.0338. The lowest BCUT2D eigenvalue weighted by molar-refractivity contribution is -0.149. The Labute approximate surface area is 215 Å². The maximum atomic E-state index is 12.2. The van der Waals surface area contributed by atoms with E-state index in [9.17, 15) is 4.79 Å². The topological polar surface area (TPSA) is 38.8 Å². The summed E-state index contributed by atoms with van der Waals surface area (Å²) in [6.45, 7) is 7.20.